The van der Waals surface area contributed by atoms with E-state index in [-0.39, 0.29) is 30.6 Å². The molecular weight excluding hydrogens is 357 g/mol. The zero-order valence-electron chi connectivity index (χ0n) is 16.1. The fourth-order valence-corrected chi connectivity index (χ4v) is 4.69. The van der Waals surface area contributed by atoms with E-state index in [0.29, 0.717) is 24.8 Å². The molecule has 2 heterocycles. The topological polar surface area (TPSA) is 49.8 Å². The number of aryl methyl sites for hydroxylation is 1. The highest BCUT2D eigenvalue weighted by Crippen LogP contribution is 2.42. The van der Waals surface area contributed by atoms with Gasteiger partial charge in [0.1, 0.15) is 12.4 Å². The molecule has 0 aliphatic carbocycles. The van der Waals surface area contributed by atoms with Gasteiger partial charge in [0.25, 0.3) is 0 Å². The Labute approximate surface area is 164 Å². The molecule has 0 saturated carbocycles. The highest BCUT2D eigenvalue weighted by molar-refractivity contribution is 5.69. The fourth-order valence-electron chi connectivity index (χ4n) is 4.69. The summed E-state index contributed by atoms with van der Waals surface area (Å²) in [6, 6.07) is 14.7. The van der Waals surface area contributed by atoms with Crippen LogP contribution >= 0.6 is 0 Å². The van der Waals surface area contributed by atoms with Crippen LogP contribution in [-0.2, 0) is 17.8 Å². The Kier molecular flexibility index (Phi) is 5.11. The molecule has 2 atom stereocenters. The number of carbonyl (C=O) groups is 1. The van der Waals surface area contributed by atoms with E-state index in [1.807, 2.05) is 41.3 Å². The molecule has 2 aromatic rings. The summed E-state index contributed by atoms with van der Waals surface area (Å²) in [7, 11) is 0. The van der Waals surface area contributed by atoms with Gasteiger partial charge in [-0.1, -0.05) is 42.5 Å². The maximum Gasteiger partial charge on any atom is 0.410 e. The summed E-state index contributed by atoms with van der Waals surface area (Å²) in [6.07, 6.45) is 2.84. The molecule has 2 aliphatic rings. The minimum absolute atomic E-state index is 0.0256. The van der Waals surface area contributed by atoms with Crippen molar-refractivity contribution in [3.8, 4) is 0 Å². The molecule has 148 valence electrons. The number of carbonyl (C=O) groups excluding carboxylic acids is 1. The molecule has 2 unspecified atom stereocenters. The summed E-state index contributed by atoms with van der Waals surface area (Å²) < 4.78 is 19.4. The number of hydrogen-bond donors (Lipinski definition) is 1. The van der Waals surface area contributed by atoms with Gasteiger partial charge < -0.3 is 14.7 Å². The van der Waals surface area contributed by atoms with Crippen molar-refractivity contribution >= 4 is 6.09 Å². The predicted octanol–water partition coefficient (Wildman–Crippen LogP) is 4.37. The lowest BCUT2D eigenvalue weighted by atomic mass is 9.81. The van der Waals surface area contributed by atoms with E-state index in [1.54, 1.807) is 13.0 Å². The monoisotopic (exact) mass is 383 g/mol. The summed E-state index contributed by atoms with van der Waals surface area (Å²) in [6.45, 7) is 1.98. The number of aliphatic hydroxyl groups is 1. The van der Waals surface area contributed by atoms with Crippen molar-refractivity contribution in [1.29, 1.82) is 0 Å². The van der Waals surface area contributed by atoms with Crippen LogP contribution in [0.4, 0.5) is 9.18 Å². The maximum atomic E-state index is 13.9. The molecule has 1 N–H and O–H groups in total. The van der Waals surface area contributed by atoms with Crippen molar-refractivity contribution < 1.29 is 19.0 Å². The van der Waals surface area contributed by atoms with Crippen LogP contribution in [-0.4, -0.2) is 33.8 Å². The zero-order chi connectivity index (χ0) is 19.7. The Balaban J connectivity index is 1.40. The van der Waals surface area contributed by atoms with Gasteiger partial charge in [-0.3, -0.25) is 0 Å². The van der Waals surface area contributed by atoms with Gasteiger partial charge in [0.2, 0.25) is 0 Å². The van der Waals surface area contributed by atoms with Crippen molar-refractivity contribution in [1.82, 2.24) is 4.90 Å². The van der Waals surface area contributed by atoms with Crippen LogP contribution in [0.1, 0.15) is 42.4 Å². The highest BCUT2D eigenvalue weighted by Gasteiger charge is 2.49. The summed E-state index contributed by atoms with van der Waals surface area (Å²) in [5.41, 5.74) is 1.44. The lowest BCUT2D eigenvalue weighted by Gasteiger charge is -2.43. The summed E-state index contributed by atoms with van der Waals surface area (Å²) in [5.74, 6) is -0.244. The summed E-state index contributed by atoms with van der Waals surface area (Å²) in [5, 5.41) is 11.2. The first-order valence-electron chi connectivity index (χ1n) is 9.90. The van der Waals surface area contributed by atoms with Crippen LogP contribution in [0.25, 0.3) is 0 Å². The number of hydrogen-bond acceptors (Lipinski definition) is 3. The van der Waals surface area contributed by atoms with Gasteiger partial charge in [-0.15, -0.1) is 0 Å². The smallest absolute Gasteiger partial charge is 0.410 e. The van der Waals surface area contributed by atoms with Gasteiger partial charge in [0.05, 0.1) is 5.60 Å². The first-order chi connectivity index (χ1) is 13.4. The fraction of sp³-hybridized carbons (Fsp3) is 0.435. The van der Waals surface area contributed by atoms with Gasteiger partial charge in [0, 0.05) is 18.5 Å². The third kappa shape index (κ3) is 3.90. The van der Waals surface area contributed by atoms with Crippen molar-refractivity contribution in [3.63, 3.8) is 0 Å². The molecule has 2 fully saturated rings. The van der Waals surface area contributed by atoms with Crippen LogP contribution in [0.15, 0.2) is 48.5 Å². The largest absolute Gasteiger partial charge is 0.445 e. The lowest BCUT2D eigenvalue weighted by molar-refractivity contribution is -0.0485. The van der Waals surface area contributed by atoms with E-state index in [2.05, 4.69) is 0 Å². The highest BCUT2D eigenvalue weighted by atomic mass is 19.1. The molecule has 2 saturated heterocycles. The molecule has 4 rings (SSSR count). The van der Waals surface area contributed by atoms with E-state index >= 15 is 0 Å². The second-order valence-corrected chi connectivity index (χ2v) is 8.23. The number of amides is 1. The summed E-state index contributed by atoms with van der Waals surface area (Å²) in [4.78, 5) is 14.5. The van der Waals surface area contributed by atoms with Gasteiger partial charge >= 0.3 is 6.09 Å². The lowest BCUT2D eigenvalue weighted by Crippen LogP contribution is -2.54. The minimum atomic E-state index is -0.913. The van der Waals surface area contributed by atoms with Crippen molar-refractivity contribution in [3.05, 3.63) is 71.0 Å². The van der Waals surface area contributed by atoms with Crippen LogP contribution in [0.2, 0.25) is 0 Å². The van der Waals surface area contributed by atoms with Crippen molar-refractivity contribution in [2.45, 2.75) is 63.3 Å². The zero-order valence-corrected chi connectivity index (χ0v) is 16.1. The molecule has 2 aromatic carbocycles. The number of rotatable bonds is 4. The standard InChI is InChI=1S/C23H26FNO3/c1-16-7-8-18(11-21(16)24)12-23(27)13-19-9-10-20(14-23)25(19)22(26)28-15-17-5-3-2-4-6-17/h2-8,11,19-20,27H,9-10,12-15H2,1H3. The Morgan fingerprint density at radius 1 is 1.14 bits per heavy atom. The number of piperidine rings is 1. The van der Waals surface area contributed by atoms with Crippen LogP contribution in [0.3, 0.4) is 0 Å². The number of halogens is 1. The molecule has 2 aliphatic heterocycles. The molecule has 28 heavy (non-hydrogen) atoms. The maximum absolute atomic E-state index is 13.9. The second-order valence-electron chi connectivity index (χ2n) is 8.23. The minimum Gasteiger partial charge on any atom is -0.445 e. The van der Waals surface area contributed by atoms with Gasteiger partial charge in [-0.2, -0.15) is 0 Å². The third-order valence-corrected chi connectivity index (χ3v) is 6.04. The molecule has 1 amide bonds. The average Bonchev–Trinajstić information content (AvgIpc) is 2.96. The van der Waals surface area contributed by atoms with E-state index in [9.17, 15) is 14.3 Å². The second kappa shape index (κ2) is 7.55. The summed E-state index contributed by atoms with van der Waals surface area (Å²) >= 11 is 0. The van der Waals surface area contributed by atoms with E-state index in [0.717, 1.165) is 24.0 Å². The Morgan fingerprint density at radius 3 is 2.46 bits per heavy atom. The van der Waals surface area contributed by atoms with Gasteiger partial charge in [-0.05, 0) is 55.4 Å². The molecule has 0 aromatic heterocycles. The van der Waals surface area contributed by atoms with Crippen LogP contribution in [0.5, 0.6) is 0 Å². The van der Waals surface area contributed by atoms with Crippen molar-refractivity contribution in [2.75, 3.05) is 0 Å². The molecule has 0 radical (unpaired) electrons. The normalized spacial score (nSPS) is 26.3. The molecule has 4 nitrogen and oxygen atoms in total. The Bertz CT molecular complexity index is 840. The van der Waals surface area contributed by atoms with Gasteiger partial charge in [-0.25, -0.2) is 9.18 Å². The quantitative estimate of drug-likeness (QED) is 0.853. The predicted molar refractivity (Wildman–Crippen MR) is 104 cm³/mol. The molecule has 5 heteroatoms. The Morgan fingerprint density at radius 2 is 1.82 bits per heavy atom. The van der Waals surface area contributed by atoms with Crippen LogP contribution < -0.4 is 0 Å². The SMILES string of the molecule is Cc1ccc(CC2(O)CC3CCC(C2)N3C(=O)OCc2ccccc2)cc1F. The average molecular weight is 383 g/mol. The Hall–Kier alpha value is -2.40. The first kappa shape index (κ1) is 18.9. The van der Waals surface area contributed by atoms with Crippen LogP contribution in [0, 0.1) is 12.7 Å². The number of nitrogens with zero attached hydrogens (tertiary/aromatic N) is 1. The first-order valence-corrected chi connectivity index (χ1v) is 9.90. The number of fused-ring (bicyclic) bond motifs is 2. The van der Waals surface area contributed by atoms with Crippen molar-refractivity contribution in [2.24, 2.45) is 0 Å². The van der Waals surface area contributed by atoms with Gasteiger partial charge in [0.15, 0.2) is 0 Å². The van der Waals surface area contributed by atoms with E-state index in [1.165, 1.54) is 6.07 Å². The molecule has 2 bridgehead atoms. The molecular formula is C23H26FNO3. The molecule has 0 spiro atoms. The van der Waals surface area contributed by atoms with E-state index in [4.69, 9.17) is 4.74 Å². The number of benzene rings is 2. The number of ether oxygens (including phenoxy) is 1. The van der Waals surface area contributed by atoms with E-state index < -0.39 is 5.60 Å². The third-order valence-electron chi connectivity index (χ3n) is 6.04.